The molecule has 8 heteroatoms. The quantitative estimate of drug-likeness (QED) is 0.568. The van der Waals surface area contributed by atoms with Crippen LogP contribution in [0.3, 0.4) is 0 Å². The summed E-state index contributed by atoms with van der Waals surface area (Å²) in [5.74, 6) is -0.864. The number of carbonyl (C=O) groups is 1. The topological polar surface area (TPSA) is 101 Å². The first kappa shape index (κ1) is 13.9. The van der Waals surface area contributed by atoms with Crippen LogP contribution in [0.25, 0.3) is 22.2 Å². The average Bonchev–Trinajstić information content (AvgIpc) is 3.05. The van der Waals surface area contributed by atoms with Crippen LogP contribution < -0.4 is 5.32 Å². The summed E-state index contributed by atoms with van der Waals surface area (Å²) in [6.07, 6.45) is 2.19. The largest absolute Gasteiger partial charge is 0.360 e. The van der Waals surface area contributed by atoms with E-state index in [0.717, 1.165) is 22.2 Å². The number of H-pyrrole nitrogens is 1. The molecule has 1 aliphatic rings. The Bertz CT molecular complexity index is 916. The van der Waals surface area contributed by atoms with Crippen molar-refractivity contribution in [2.24, 2.45) is 5.92 Å². The van der Waals surface area contributed by atoms with Crippen molar-refractivity contribution >= 4 is 33.3 Å². The Morgan fingerprint density at radius 2 is 2.26 bits per heavy atom. The molecule has 7 nitrogen and oxygen atoms in total. The molecule has 1 amide bonds. The number of aromatic nitrogens is 2. The number of nitrogens with zero attached hydrogens (tertiary/aromatic N) is 2. The Morgan fingerprint density at radius 3 is 3.04 bits per heavy atom. The van der Waals surface area contributed by atoms with Gasteiger partial charge in [0.25, 0.3) is 0 Å². The van der Waals surface area contributed by atoms with E-state index in [2.05, 4.69) is 15.3 Å². The van der Waals surface area contributed by atoms with Crippen molar-refractivity contribution < 1.29 is 9.72 Å². The highest BCUT2D eigenvalue weighted by molar-refractivity contribution is 7.14. The molecule has 1 aliphatic carbocycles. The number of thiazole rings is 1. The van der Waals surface area contributed by atoms with Crippen LogP contribution >= 0.6 is 11.3 Å². The van der Waals surface area contributed by atoms with Gasteiger partial charge in [-0.2, -0.15) is 0 Å². The average molecular weight is 328 g/mol. The number of nitrogens with one attached hydrogen (secondary N) is 2. The van der Waals surface area contributed by atoms with Crippen LogP contribution in [0.2, 0.25) is 0 Å². The maximum atomic E-state index is 11.9. The Hall–Kier alpha value is -2.74. The minimum absolute atomic E-state index is 0.305. The monoisotopic (exact) mass is 328 g/mol. The molecule has 0 aliphatic heterocycles. The fraction of sp³-hybridized carbons (Fsp3) is 0.200. The van der Waals surface area contributed by atoms with E-state index in [1.807, 2.05) is 35.8 Å². The van der Waals surface area contributed by atoms with E-state index in [4.69, 9.17) is 0 Å². The van der Waals surface area contributed by atoms with Gasteiger partial charge in [0.1, 0.15) is 5.92 Å². The number of aromatic amines is 1. The number of fused-ring (bicyclic) bond motifs is 1. The number of benzene rings is 1. The van der Waals surface area contributed by atoms with Crippen LogP contribution in [0.15, 0.2) is 35.8 Å². The number of carbonyl (C=O) groups excluding carboxylic acids is 1. The predicted octanol–water partition coefficient (Wildman–Crippen LogP) is 2.90. The van der Waals surface area contributed by atoms with Crippen molar-refractivity contribution in [3.63, 3.8) is 0 Å². The molecule has 116 valence electrons. The van der Waals surface area contributed by atoms with Crippen molar-refractivity contribution in [2.45, 2.75) is 12.5 Å². The summed E-state index contributed by atoms with van der Waals surface area (Å²) in [6, 6.07) is 7.16. The highest BCUT2D eigenvalue weighted by atomic mass is 32.1. The Kier molecular flexibility index (Phi) is 3.12. The molecule has 0 spiro atoms. The maximum absolute atomic E-state index is 11.9. The van der Waals surface area contributed by atoms with E-state index in [-0.39, 0.29) is 5.91 Å². The van der Waals surface area contributed by atoms with Crippen LogP contribution in [0.1, 0.15) is 6.42 Å². The molecule has 0 saturated heterocycles. The smallest absolute Gasteiger partial charge is 0.236 e. The van der Waals surface area contributed by atoms with Gasteiger partial charge in [-0.25, -0.2) is 4.98 Å². The SMILES string of the molecule is O=C(Nc1nc(-c2c[nH]c3ccccc23)cs1)[C@@H]1C[C@@H]1[N+](=O)[O-]. The summed E-state index contributed by atoms with van der Waals surface area (Å²) in [5.41, 5.74) is 2.75. The van der Waals surface area contributed by atoms with Gasteiger partial charge in [-0.05, 0) is 6.07 Å². The van der Waals surface area contributed by atoms with Gasteiger partial charge in [0.15, 0.2) is 5.13 Å². The van der Waals surface area contributed by atoms with Gasteiger partial charge < -0.3 is 10.3 Å². The molecule has 4 rings (SSSR count). The lowest BCUT2D eigenvalue weighted by Gasteiger charge is -1.98. The predicted molar refractivity (Wildman–Crippen MR) is 86.9 cm³/mol. The summed E-state index contributed by atoms with van der Waals surface area (Å²) in [6.45, 7) is 0. The van der Waals surface area contributed by atoms with Gasteiger partial charge in [0.2, 0.25) is 11.9 Å². The Balaban J connectivity index is 1.53. The molecule has 1 saturated carbocycles. The Morgan fingerprint density at radius 1 is 1.43 bits per heavy atom. The van der Waals surface area contributed by atoms with E-state index in [0.29, 0.717) is 11.6 Å². The molecule has 2 aromatic heterocycles. The van der Waals surface area contributed by atoms with Crippen molar-refractivity contribution in [3.05, 3.63) is 46.0 Å². The van der Waals surface area contributed by atoms with Crippen molar-refractivity contribution in [2.75, 3.05) is 5.32 Å². The first-order valence-electron chi connectivity index (χ1n) is 7.10. The second-order valence-electron chi connectivity index (χ2n) is 5.47. The Labute approximate surface area is 134 Å². The van der Waals surface area contributed by atoms with Gasteiger partial charge in [-0.3, -0.25) is 14.9 Å². The van der Waals surface area contributed by atoms with E-state index in [9.17, 15) is 14.9 Å². The van der Waals surface area contributed by atoms with Gasteiger partial charge in [-0.1, -0.05) is 18.2 Å². The molecule has 1 aromatic carbocycles. The number of rotatable bonds is 4. The summed E-state index contributed by atoms with van der Waals surface area (Å²) in [7, 11) is 0. The fourth-order valence-corrected chi connectivity index (χ4v) is 3.35. The third-order valence-electron chi connectivity index (χ3n) is 3.96. The molecular formula is C15H12N4O3S. The molecule has 2 atom stereocenters. The third-order valence-corrected chi connectivity index (χ3v) is 4.72. The minimum atomic E-state index is -0.747. The number of anilines is 1. The zero-order valence-corrected chi connectivity index (χ0v) is 12.7. The van der Waals surface area contributed by atoms with Crippen molar-refractivity contribution in [1.82, 2.24) is 9.97 Å². The second kappa shape index (κ2) is 5.17. The van der Waals surface area contributed by atoms with E-state index < -0.39 is 16.9 Å². The summed E-state index contributed by atoms with van der Waals surface area (Å²) < 4.78 is 0. The van der Waals surface area contributed by atoms with Crippen LogP contribution in [0, 0.1) is 16.0 Å². The van der Waals surface area contributed by atoms with E-state index >= 15 is 0 Å². The van der Waals surface area contributed by atoms with Gasteiger partial charge >= 0.3 is 0 Å². The molecule has 1 fully saturated rings. The van der Waals surface area contributed by atoms with Crippen molar-refractivity contribution in [1.29, 1.82) is 0 Å². The van der Waals surface area contributed by atoms with Crippen LogP contribution in [0.5, 0.6) is 0 Å². The highest BCUT2D eigenvalue weighted by Crippen LogP contribution is 2.35. The summed E-state index contributed by atoms with van der Waals surface area (Å²) >= 11 is 1.31. The molecule has 2 heterocycles. The highest BCUT2D eigenvalue weighted by Gasteiger charge is 2.53. The zero-order valence-electron chi connectivity index (χ0n) is 11.9. The number of para-hydroxylation sites is 1. The number of nitro groups is 1. The first-order valence-corrected chi connectivity index (χ1v) is 7.98. The van der Waals surface area contributed by atoms with Crippen molar-refractivity contribution in [3.8, 4) is 11.3 Å². The number of hydrogen-bond donors (Lipinski definition) is 2. The lowest BCUT2D eigenvalue weighted by molar-refractivity contribution is -0.497. The fourth-order valence-electron chi connectivity index (χ4n) is 2.63. The maximum Gasteiger partial charge on any atom is 0.236 e. The van der Waals surface area contributed by atoms with Gasteiger partial charge in [-0.15, -0.1) is 11.3 Å². The normalized spacial score (nSPS) is 19.7. The lowest BCUT2D eigenvalue weighted by atomic mass is 10.1. The molecular weight excluding hydrogens is 316 g/mol. The van der Waals surface area contributed by atoms with Crippen LogP contribution in [0.4, 0.5) is 5.13 Å². The standard InChI is InChI=1S/C15H12N4O3S/c20-14(9-5-13(9)19(21)22)18-15-17-12(7-23-15)10-6-16-11-4-2-1-3-8(10)11/h1-4,6-7,9,13,16H,5H2,(H,17,18,20)/t9-,13+/m1/s1. The van der Waals surface area contributed by atoms with Gasteiger partial charge in [0, 0.05) is 39.4 Å². The molecule has 0 bridgehead atoms. The van der Waals surface area contributed by atoms with Crippen LogP contribution in [-0.2, 0) is 4.79 Å². The molecule has 2 N–H and O–H groups in total. The van der Waals surface area contributed by atoms with Crippen LogP contribution in [-0.4, -0.2) is 26.8 Å². The zero-order chi connectivity index (χ0) is 16.0. The minimum Gasteiger partial charge on any atom is -0.360 e. The van der Waals surface area contributed by atoms with Gasteiger partial charge in [0.05, 0.1) is 5.69 Å². The molecule has 23 heavy (non-hydrogen) atoms. The van der Waals surface area contributed by atoms with E-state index in [1.54, 1.807) is 0 Å². The molecule has 3 aromatic rings. The van der Waals surface area contributed by atoms with E-state index in [1.165, 1.54) is 11.3 Å². The first-order chi connectivity index (χ1) is 11.1. The third kappa shape index (κ3) is 2.46. The molecule has 0 radical (unpaired) electrons. The summed E-state index contributed by atoms with van der Waals surface area (Å²) in [5, 5.41) is 16.7. The number of amides is 1. The number of hydrogen-bond acceptors (Lipinski definition) is 5. The second-order valence-corrected chi connectivity index (χ2v) is 6.33. The summed E-state index contributed by atoms with van der Waals surface area (Å²) in [4.78, 5) is 29.8. The lowest BCUT2D eigenvalue weighted by Crippen LogP contribution is -2.18. The molecule has 0 unspecified atom stereocenters.